The van der Waals surface area contributed by atoms with Crippen LogP contribution in [-0.2, 0) is 0 Å². The van der Waals surface area contributed by atoms with Gasteiger partial charge in [0.15, 0.2) is 0 Å². The minimum atomic E-state index is -1.06. The molecule has 1 atom stereocenters. The van der Waals surface area contributed by atoms with Gasteiger partial charge in [0.1, 0.15) is 0 Å². The molecule has 1 aromatic rings. The topological polar surface area (TPSA) is 82.5 Å². The highest BCUT2D eigenvalue weighted by Crippen LogP contribution is 2.17. The van der Waals surface area contributed by atoms with E-state index < -0.39 is 5.97 Å². The maximum atomic E-state index is 11.9. The van der Waals surface area contributed by atoms with Crippen molar-refractivity contribution in [1.82, 2.24) is 9.88 Å². The fraction of sp³-hybridized carbons (Fsp3) is 0.417. The minimum absolute atomic E-state index is 0.0580. The van der Waals surface area contributed by atoms with Gasteiger partial charge in [-0.15, -0.1) is 0 Å². The van der Waals surface area contributed by atoms with Crippen molar-refractivity contribution in [1.29, 1.82) is 0 Å². The lowest BCUT2D eigenvalue weighted by molar-refractivity contribution is 0.0696. The quantitative estimate of drug-likeness (QED) is 0.835. The van der Waals surface area contributed by atoms with Crippen molar-refractivity contribution in [2.75, 3.05) is 18.4 Å². The number of anilines is 1. The van der Waals surface area contributed by atoms with E-state index in [1.54, 1.807) is 4.90 Å². The number of pyridine rings is 1. The van der Waals surface area contributed by atoms with E-state index in [2.05, 4.69) is 17.2 Å². The third-order valence-electron chi connectivity index (χ3n) is 2.95. The molecule has 2 heterocycles. The average Bonchev–Trinajstić information content (AvgIpc) is 2.76. The van der Waals surface area contributed by atoms with Crippen LogP contribution in [0.1, 0.15) is 23.7 Å². The number of rotatable bonds is 2. The fourth-order valence-electron chi connectivity index (χ4n) is 1.95. The Hall–Kier alpha value is -2.11. The Bertz CT molecular complexity index is 475. The summed E-state index contributed by atoms with van der Waals surface area (Å²) in [6.07, 6.45) is 3.68. The summed E-state index contributed by atoms with van der Waals surface area (Å²) < 4.78 is 0. The number of hydrogen-bond acceptors (Lipinski definition) is 3. The summed E-state index contributed by atoms with van der Waals surface area (Å²) in [7, 11) is 0. The third-order valence-corrected chi connectivity index (χ3v) is 2.95. The maximum absolute atomic E-state index is 11.9. The third kappa shape index (κ3) is 2.77. The van der Waals surface area contributed by atoms with Gasteiger partial charge in [-0.25, -0.2) is 9.59 Å². The van der Waals surface area contributed by atoms with Gasteiger partial charge in [0, 0.05) is 19.3 Å². The Labute approximate surface area is 105 Å². The molecule has 6 heteroatoms. The van der Waals surface area contributed by atoms with Crippen LogP contribution in [0, 0.1) is 5.92 Å². The van der Waals surface area contributed by atoms with Crippen LogP contribution in [0.25, 0.3) is 0 Å². The first-order chi connectivity index (χ1) is 8.56. The number of hydrogen-bond donors (Lipinski definition) is 2. The number of aromatic carboxylic acids is 1. The summed E-state index contributed by atoms with van der Waals surface area (Å²) in [4.78, 5) is 28.2. The predicted octanol–water partition coefficient (Wildman–Crippen LogP) is 1.65. The van der Waals surface area contributed by atoms with Crippen LogP contribution in [0.4, 0.5) is 10.5 Å². The second kappa shape index (κ2) is 5.03. The Kier molecular flexibility index (Phi) is 3.45. The highest BCUT2D eigenvalue weighted by molar-refractivity contribution is 5.92. The molecule has 0 spiro atoms. The number of carboxylic acid groups (broad SMARTS) is 1. The minimum Gasteiger partial charge on any atom is -0.478 e. The van der Waals surface area contributed by atoms with Crippen molar-refractivity contribution < 1.29 is 14.7 Å². The van der Waals surface area contributed by atoms with E-state index in [0.29, 0.717) is 11.6 Å². The summed E-state index contributed by atoms with van der Waals surface area (Å²) in [5.74, 6) is -0.548. The zero-order chi connectivity index (χ0) is 13.1. The second-order valence-corrected chi connectivity index (χ2v) is 4.54. The lowest BCUT2D eigenvalue weighted by Gasteiger charge is -2.16. The highest BCUT2D eigenvalue weighted by Gasteiger charge is 2.23. The number of carbonyl (C=O) groups is 2. The van der Waals surface area contributed by atoms with Gasteiger partial charge in [-0.3, -0.25) is 4.98 Å². The monoisotopic (exact) mass is 249 g/mol. The van der Waals surface area contributed by atoms with E-state index >= 15 is 0 Å². The fourth-order valence-corrected chi connectivity index (χ4v) is 1.95. The van der Waals surface area contributed by atoms with E-state index in [1.807, 2.05) is 0 Å². The molecular formula is C12H15N3O3. The van der Waals surface area contributed by atoms with Gasteiger partial charge < -0.3 is 15.3 Å². The number of nitrogens with zero attached hydrogens (tertiary/aromatic N) is 2. The molecule has 0 aliphatic carbocycles. The molecule has 1 unspecified atom stereocenters. The molecule has 1 aromatic heterocycles. The molecule has 18 heavy (non-hydrogen) atoms. The van der Waals surface area contributed by atoms with Crippen molar-refractivity contribution in [3.63, 3.8) is 0 Å². The second-order valence-electron chi connectivity index (χ2n) is 4.54. The lowest BCUT2D eigenvalue weighted by atomic mass is 10.2. The van der Waals surface area contributed by atoms with Gasteiger partial charge in [0.05, 0.1) is 17.4 Å². The number of amides is 2. The summed E-state index contributed by atoms with van der Waals surface area (Å²) in [6, 6.07) is 1.19. The molecule has 0 radical (unpaired) electrons. The molecule has 1 aliphatic rings. The number of likely N-dealkylation sites (tertiary alicyclic amines) is 1. The van der Waals surface area contributed by atoms with Crippen LogP contribution in [0.3, 0.4) is 0 Å². The van der Waals surface area contributed by atoms with Crippen LogP contribution in [0.15, 0.2) is 18.5 Å². The normalized spacial score (nSPS) is 18.7. The molecule has 0 saturated carbocycles. The summed E-state index contributed by atoms with van der Waals surface area (Å²) >= 11 is 0. The molecule has 2 rings (SSSR count). The van der Waals surface area contributed by atoms with Gasteiger partial charge in [-0.1, -0.05) is 6.92 Å². The number of carboxylic acids is 1. The lowest BCUT2D eigenvalue weighted by Crippen LogP contribution is -2.32. The molecule has 2 N–H and O–H groups in total. The number of nitrogens with one attached hydrogen (secondary N) is 1. The Morgan fingerprint density at radius 1 is 1.50 bits per heavy atom. The first-order valence-corrected chi connectivity index (χ1v) is 5.80. The maximum Gasteiger partial charge on any atom is 0.337 e. The van der Waals surface area contributed by atoms with E-state index in [-0.39, 0.29) is 11.6 Å². The number of aromatic nitrogens is 1. The Balaban J connectivity index is 2.03. The molecule has 96 valence electrons. The summed E-state index contributed by atoms with van der Waals surface area (Å²) in [5.41, 5.74) is 0.460. The van der Waals surface area contributed by atoms with E-state index in [0.717, 1.165) is 19.5 Å². The predicted molar refractivity (Wildman–Crippen MR) is 65.6 cm³/mol. The van der Waals surface area contributed by atoms with Crippen LogP contribution in [-0.4, -0.2) is 40.1 Å². The van der Waals surface area contributed by atoms with Crippen molar-refractivity contribution in [2.24, 2.45) is 5.92 Å². The van der Waals surface area contributed by atoms with Gasteiger partial charge in [-0.2, -0.15) is 0 Å². The van der Waals surface area contributed by atoms with Gasteiger partial charge in [0.25, 0.3) is 0 Å². The molecule has 0 bridgehead atoms. The summed E-state index contributed by atoms with van der Waals surface area (Å²) in [6.45, 7) is 3.57. The van der Waals surface area contributed by atoms with Crippen LogP contribution < -0.4 is 5.32 Å². The van der Waals surface area contributed by atoms with Crippen LogP contribution in [0.5, 0.6) is 0 Å². The summed E-state index contributed by atoms with van der Waals surface area (Å²) in [5, 5.41) is 11.5. The molecule has 1 saturated heterocycles. The van der Waals surface area contributed by atoms with Crippen molar-refractivity contribution in [3.8, 4) is 0 Å². The van der Waals surface area contributed by atoms with E-state index in [9.17, 15) is 9.59 Å². The van der Waals surface area contributed by atoms with Gasteiger partial charge in [-0.05, 0) is 18.4 Å². The number of urea groups is 1. The zero-order valence-corrected chi connectivity index (χ0v) is 10.1. The van der Waals surface area contributed by atoms with Crippen LogP contribution in [0.2, 0.25) is 0 Å². The molecular weight excluding hydrogens is 234 g/mol. The van der Waals surface area contributed by atoms with Crippen molar-refractivity contribution in [2.45, 2.75) is 13.3 Å². The van der Waals surface area contributed by atoms with Crippen molar-refractivity contribution in [3.05, 3.63) is 24.0 Å². The van der Waals surface area contributed by atoms with Crippen LogP contribution >= 0.6 is 0 Å². The molecule has 1 fully saturated rings. The van der Waals surface area contributed by atoms with Crippen molar-refractivity contribution >= 4 is 17.7 Å². The first kappa shape index (κ1) is 12.3. The molecule has 6 nitrogen and oxygen atoms in total. The molecule has 2 amide bonds. The Morgan fingerprint density at radius 3 is 2.89 bits per heavy atom. The molecule has 0 aromatic carbocycles. The largest absolute Gasteiger partial charge is 0.478 e. The number of carbonyl (C=O) groups excluding carboxylic acids is 1. The first-order valence-electron chi connectivity index (χ1n) is 5.80. The van der Waals surface area contributed by atoms with Gasteiger partial charge >= 0.3 is 12.0 Å². The van der Waals surface area contributed by atoms with E-state index in [4.69, 9.17) is 5.11 Å². The average molecular weight is 249 g/mol. The SMILES string of the molecule is CC1CCN(C(=O)Nc2cncc(C(=O)O)c2)C1. The van der Waals surface area contributed by atoms with E-state index in [1.165, 1.54) is 18.5 Å². The zero-order valence-electron chi connectivity index (χ0n) is 10.1. The Morgan fingerprint density at radius 2 is 2.28 bits per heavy atom. The standard InChI is InChI=1S/C12H15N3O3/c1-8-2-3-15(7-8)12(18)14-10-4-9(11(16)17)5-13-6-10/h4-6,8H,2-3,7H2,1H3,(H,14,18)(H,16,17). The highest BCUT2D eigenvalue weighted by atomic mass is 16.4. The van der Waals surface area contributed by atoms with Gasteiger partial charge in [0.2, 0.25) is 0 Å². The smallest absolute Gasteiger partial charge is 0.337 e. The molecule has 1 aliphatic heterocycles.